The summed E-state index contributed by atoms with van der Waals surface area (Å²) in [7, 11) is 0. The highest BCUT2D eigenvalue weighted by molar-refractivity contribution is 5.80. The van der Waals surface area contributed by atoms with Crippen LogP contribution in [0.2, 0.25) is 0 Å². The Morgan fingerprint density at radius 1 is 1.00 bits per heavy atom. The summed E-state index contributed by atoms with van der Waals surface area (Å²) in [5, 5.41) is 0.985. The van der Waals surface area contributed by atoms with Gasteiger partial charge in [-0.3, -0.25) is 4.90 Å². The number of hydrogen-bond acceptors (Lipinski definition) is 4. The molecule has 3 heterocycles. The molecule has 2 fully saturated rings. The zero-order valence-electron chi connectivity index (χ0n) is 14.0. The minimum Gasteiger partial charge on any atom is -0.381 e. The number of anilines is 1. The smallest absolute Gasteiger partial charge is 0.129 e. The van der Waals surface area contributed by atoms with Crippen LogP contribution in [0.3, 0.4) is 0 Å². The summed E-state index contributed by atoms with van der Waals surface area (Å²) in [5.41, 5.74) is 0.734. The fraction of sp³-hybridized carbons (Fsp3) is 0.526. The monoisotopic (exact) mass is 329 g/mol. The molecule has 0 radical (unpaired) electrons. The fourth-order valence-corrected chi connectivity index (χ4v) is 3.84. The van der Waals surface area contributed by atoms with Crippen molar-refractivity contribution in [1.82, 2.24) is 9.88 Å². The molecule has 1 aromatic carbocycles. The molecule has 128 valence electrons. The van der Waals surface area contributed by atoms with E-state index in [2.05, 4.69) is 20.9 Å². The van der Waals surface area contributed by atoms with Gasteiger partial charge in [-0.2, -0.15) is 0 Å². The maximum Gasteiger partial charge on any atom is 0.129 e. The summed E-state index contributed by atoms with van der Waals surface area (Å²) in [6.45, 7) is 5.97. The van der Waals surface area contributed by atoms with Gasteiger partial charge in [0.2, 0.25) is 0 Å². The van der Waals surface area contributed by atoms with E-state index in [9.17, 15) is 4.39 Å². The summed E-state index contributed by atoms with van der Waals surface area (Å²) >= 11 is 0. The molecule has 2 aromatic rings. The largest absolute Gasteiger partial charge is 0.381 e. The first-order chi connectivity index (χ1) is 11.8. The second kappa shape index (κ2) is 7.03. The van der Waals surface area contributed by atoms with Crippen LogP contribution in [0.25, 0.3) is 10.9 Å². The van der Waals surface area contributed by atoms with Crippen LogP contribution in [0, 0.1) is 5.82 Å². The Balaban J connectivity index is 1.48. The molecule has 2 aliphatic heterocycles. The van der Waals surface area contributed by atoms with E-state index < -0.39 is 0 Å². The van der Waals surface area contributed by atoms with Crippen LogP contribution < -0.4 is 4.90 Å². The Hall–Kier alpha value is -1.72. The highest BCUT2D eigenvalue weighted by Crippen LogP contribution is 2.22. The lowest BCUT2D eigenvalue weighted by Crippen LogP contribution is -2.41. The van der Waals surface area contributed by atoms with Gasteiger partial charge < -0.3 is 9.64 Å². The molecule has 0 saturated carbocycles. The van der Waals surface area contributed by atoms with Gasteiger partial charge in [-0.25, -0.2) is 9.37 Å². The number of aromatic nitrogens is 1. The van der Waals surface area contributed by atoms with E-state index >= 15 is 0 Å². The van der Waals surface area contributed by atoms with Crippen molar-refractivity contribution in [3.05, 3.63) is 36.1 Å². The average molecular weight is 329 g/mol. The molecular weight excluding hydrogens is 305 g/mol. The third kappa shape index (κ3) is 3.37. The first-order valence-electron chi connectivity index (χ1n) is 8.93. The van der Waals surface area contributed by atoms with Gasteiger partial charge in [-0.05, 0) is 43.5 Å². The van der Waals surface area contributed by atoms with E-state index in [1.165, 1.54) is 12.1 Å². The predicted octanol–water partition coefficient (Wildman–Crippen LogP) is 3.07. The first-order valence-corrected chi connectivity index (χ1v) is 8.93. The number of fused-ring (bicyclic) bond motifs is 1. The maximum absolute atomic E-state index is 13.5. The maximum atomic E-state index is 13.5. The van der Waals surface area contributed by atoms with E-state index in [1.807, 2.05) is 6.07 Å². The van der Waals surface area contributed by atoms with Crippen LogP contribution in [-0.4, -0.2) is 55.3 Å². The van der Waals surface area contributed by atoms with Crippen molar-refractivity contribution in [2.45, 2.75) is 25.3 Å². The summed E-state index contributed by atoms with van der Waals surface area (Å²) in [6, 6.07) is 9.56. The quantitative estimate of drug-likeness (QED) is 0.847. The second-order valence-corrected chi connectivity index (χ2v) is 6.73. The Morgan fingerprint density at radius 3 is 2.71 bits per heavy atom. The lowest BCUT2D eigenvalue weighted by atomic mass is 10.1. The molecule has 2 saturated heterocycles. The summed E-state index contributed by atoms with van der Waals surface area (Å²) in [6.07, 6.45) is 3.43. The Kier molecular flexibility index (Phi) is 4.63. The van der Waals surface area contributed by atoms with Crippen LogP contribution in [0.15, 0.2) is 30.3 Å². The molecule has 0 atom stereocenters. The van der Waals surface area contributed by atoms with Gasteiger partial charge in [0.25, 0.3) is 0 Å². The van der Waals surface area contributed by atoms with Gasteiger partial charge in [0.05, 0.1) is 5.52 Å². The molecule has 0 aliphatic carbocycles. The number of ether oxygens (including phenoxy) is 1. The molecule has 0 unspecified atom stereocenters. The Labute approximate surface area is 142 Å². The number of nitrogens with zero attached hydrogens (tertiary/aromatic N) is 3. The average Bonchev–Trinajstić information content (AvgIpc) is 2.88. The molecule has 0 amide bonds. The van der Waals surface area contributed by atoms with Gasteiger partial charge in [0.15, 0.2) is 0 Å². The number of benzene rings is 1. The SMILES string of the molecule is Fc1ccc2ccc(N3CCCN(C4CCOCC4)CC3)nc2c1. The zero-order chi connectivity index (χ0) is 16.4. The van der Waals surface area contributed by atoms with Crippen LogP contribution in [0.5, 0.6) is 0 Å². The minimum atomic E-state index is -0.228. The number of pyridine rings is 1. The number of rotatable bonds is 2. The van der Waals surface area contributed by atoms with Crippen LogP contribution in [0.1, 0.15) is 19.3 Å². The van der Waals surface area contributed by atoms with Gasteiger partial charge in [-0.15, -0.1) is 0 Å². The van der Waals surface area contributed by atoms with Crippen molar-refractivity contribution in [3.63, 3.8) is 0 Å². The van der Waals surface area contributed by atoms with Gasteiger partial charge >= 0.3 is 0 Å². The molecule has 4 nitrogen and oxygen atoms in total. The van der Waals surface area contributed by atoms with Gasteiger partial charge in [0, 0.05) is 56.9 Å². The van der Waals surface area contributed by atoms with E-state index in [1.54, 1.807) is 6.07 Å². The van der Waals surface area contributed by atoms with Crippen molar-refractivity contribution in [2.24, 2.45) is 0 Å². The van der Waals surface area contributed by atoms with Crippen LogP contribution in [-0.2, 0) is 4.74 Å². The summed E-state index contributed by atoms with van der Waals surface area (Å²) in [4.78, 5) is 9.64. The first kappa shape index (κ1) is 15.8. The lowest BCUT2D eigenvalue weighted by Gasteiger charge is -2.33. The third-order valence-electron chi connectivity index (χ3n) is 5.20. The van der Waals surface area contributed by atoms with Crippen molar-refractivity contribution in [2.75, 3.05) is 44.3 Å². The fourth-order valence-electron chi connectivity index (χ4n) is 3.84. The topological polar surface area (TPSA) is 28.6 Å². The normalized spacial score (nSPS) is 21.1. The van der Waals surface area contributed by atoms with Crippen LogP contribution in [0.4, 0.5) is 10.2 Å². The summed E-state index contributed by atoms with van der Waals surface area (Å²) in [5.74, 6) is 0.732. The van der Waals surface area contributed by atoms with E-state index in [0.29, 0.717) is 6.04 Å². The van der Waals surface area contributed by atoms with Crippen molar-refractivity contribution >= 4 is 16.7 Å². The van der Waals surface area contributed by atoms with E-state index in [-0.39, 0.29) is 5.82 Å². The molecule has 0 bridgehead atoms. The highest BCUT2D eigenvalue weighted by Gasteiger charge is 2.24. The zero-order valence-corrected chi connectivity index (χ0v) is 14.0. The number of halogens is 1. The van der Waals surface area contributed by atoms with E-state index in [4.69, 9.17) is 4.74 Å². The minimum absolute atomic E-state index is 0.228. The third-order valence-corrected chi connectivity index (χ3v) is 5.20. The molecule has 1 aromatic heterocycles. The second-order valence-electron chi connectivity index (χ2n) is 6.73. The van der Waals surface area contributed by atoms with Crippen molar-refractivity contribution in [3.8, 4) is 0 Å². The molecule has 2 aliphatic rings. The molecule has 0 spiro atoms. The van der Waals surface area contributed by atoms with Gasteiger partial charge in [0.1, 0.15) is 11.6 Å². The standard InChI is InChI=1S/C19H24FN3O/c20-16-4-2-15-3-5-19(21-18(15)14-16)23-9-1-8-22(10-11-23)17-6-12-24-13-7-17/h2-5,14,17H,1,6-13H2. The van der Waals surface area contributed by atoms with E-state index in [0.717, 1.165) is 75.4 Å². The molecule has 0 N–H and O–H groups in total. The highest BCUT2D eigenvalue weighted by atomic mass is 19.1. The van der Waals surface area contributed by atoms with Gasteiger partial charge in [-0.1, -0.05) is 0 Å². The lowest BCUT2D eigenvalue weighted by molar-refractivity contribution is 0.0365. The molecular formula is C19H24FN3O. The van der Waals surface area contributed by atoms with Crippen molar-refractivity contribution in [1.29, 1.82) is 0 Å². The molecule has 24 heavy (non-hydrogen) atoms. The molecule has 5 heteroatoms. The summed E-state index contributed by atoms with van der Waals surface area (Å²) < 4.78 is 18.9. The predicted molar refractivity (Wildman–Crippen MR) is 93.9 cm³/mol. The Bertz CT molecular complexity index is 702. The number of hydrogen-bond donors (Lipinski definition) is 0. The molecule has 4 rings (SSSR count). The Morgan fingerprint density at radius 2 is 1.83 bits per heavy atom. The van der Waals surface area contributed by atoms with Crippen molar-refractivity contribution < 1.29 is 9.13 Å². The van der Waals surface area contributed by atoms with Crippen LogP contribution >= 0.6 is 0 Å².